The summed E-state index contributed by atoms with van der Waals surface area (Å²) in [6, 6.07) is 16.9. The summed E-state index contributed by atoms with van der Waals surface area (Å²) in [5.74, 6) is 0.818. The van der Waals surface area contributed by atoms with E-state index in [0.717, 1.165) is 18.4 Å². The third-order valence-electron chi connectivity index (χ3n) is 4.10. The van der Waals surface area contributed by atoms with Crippen molar-refractivity contribution in [3.63, 3.8) is 0 Å². The number of hydrogen-bond donors (Lipinski definition) is 1. The van der Waals surface area contributed by atoms with E-state index < -0.39 is 0 Å². The number of amidine groups is 1. The van der Waals surface area contributed by atoms with E-state index in [1.165, 1.54) is 11.8 Å². The Morgan fingerprint density at radius 2 is 1.83 bits per heavy atom. The lowest BCUT2D eigenvalue weighted by atomic mass is 10.2. The molecular weight excluding hydrogens is 614 g/mol. The highest BCUT2D eigenvalue weighted by Gasteiger charge is 2.34. The molecule has 1 saturated heterocycles. The van der Waals surface area contributed by atoms with Crippen LogP contribution in [0.4, 0.5) is 5.69 Å². The standard InChI is InChI=1S/C21H14I2N2O3S/c22-16-9-13(10-17(23)19(16)26)11-18-20(27)25(12-15-7-4-8-28-15)21(29-18)24-14-5-2-1-3-6-14/h1-11,26H,12H2/b18-11-,24-21?. The maximum absolute atomic E-state index is 13.1. The minimum absolute atomic E-state index is 0.126. The van der Waals surface area contributed by atoms with Crippen LogP contribution < -0.4 is 0 Å². The van der Waals surface area contributed by atoms with E-state index in [1.54, 1.807) is 17.2 Å². The Labute approximate surface area is 199 Å². The summed E-state index contributed by atoms with van der Waals surface area (Å²) in [5.41, 5.74) is 1.63. The molecule has 1 aliphatic heterocycles. The van der Waals surface area contributed by atoms with Gasteiger partial charge in [-0.25, -0.2) is 4.99 Å². The fourth-order valence-electron chi connectivity index (χ4n) is 2.72. The topological polar surface area (TPSA) is 66.0 Å². The molecule has 2 heterocycles. The van der Waals surface area contributed by atoms with Gasteiger partial charge in [-0.1, -0.05) is 18.2 Å². The van der Waals surface area contributed by atoms with Crippen LogP contribution in [0.3, 0.4) is 0 Å². The molecule has 3 aromatic rings. The zero-order valence-electron chi connectivity index (χ0n) is 14.9. The lowest BCUT2D eigenvalue weighted by Gasteiger charge is -2.13. The van der Waals surface area contributed by atoms with Gasteiger partial charge >= 0.3 is 0 Å². The Hall–Kier alpha value is -1.79. The van der Waals surface area contributed by atoms with E-state index in [0.29, 0.717) is 22.4 Å². The molecule has 1 amide bonds. The zero-order valence-corrected chi connectivity index (χ0v) is 20.0. The first-order valence-corrected chi connectivity index (χ1v) is 11.5. The molecule has 8 heteroatoms. The van der Waals surface area contributed by atoms with E-state index in [2.05, 4.69) is 50.2 Å². The maximum atomic E-state index is 13.1. The molecule has 1 fully saturated rings. The Morgan fingerprint density at radius 1 is 1.10 bits per heavy atom. The molecule has 1 N–H and O–H groups in total. The fourth-order valence-corrected chi connectivity index (χ4v) is 5.54. The number of aliphatic imine (C=N–C) groups is 1. The number of phenols is 1. The molecule has 0 spiro atoms. The third-order valence-corrected chi connectivity index (χ3v) is 6.75. The maximum Gasteiger partial charge on any atom is 0.267 e. The van der Waals surface area contributed by atoms with E-state index in [9.17, 15) is 9.90 Å². The highest BCUT2D eigenvalue weighted by atomic mass is 127. The number of para-hydroxylation sites is 1. The van der Waals surface area contributed by atoms with Gasteiger partial charge in [-0.2, -0.15) is 0 Å². The lowest BCUT2D eigenvalue weighted by Crippen LogP contribution is -2.28. The van der Waals surface area contributed by atoms with Crippen molar-refractivity contribution in [3.05, 3.63) is 84.2 Å². The third kappa shape index (κ3) is 4.69. The molecule has 29 heavy (non-hydrogen) atoms. The fraction of sp³-hybridized carbons (Fsp3) is 0.0476. The molecule has 5 nitrogen and oxygen atoms in total. The number of nitrogens with zero attached hydrogens (tertiary/aromatic N) is 2. The smallest absolute Gasteiger partial charge is 0.267 e. The minimum atomic E-state index is -0.126. The number of halogens is 2. The average molecular weight is 628 g/mol. The van der Waals surface area contributed by atoms with Gasteiger partial charge < -0.3 is 9.52 Å². The predicted octanol–water partition coefficient (Wildman–Crippen LogP) is 6.00. The highest BCUT2D eigenvalue weighted by Crippen LogP contribution is 2.36. The number of aromatic hydroxyl groups is 1. The summed E-state index contributed by atoms with van der Waals surface area (Å²) in [4.78, 5) is 20.0. The quantitative estimate of drug-likeness (QED) is 0.285. The normalized spacial score (nSPS) is 16.9. The number of amides is 1. The molecule has 0 unspecified atom stereocenters. The van der Waals surface area contributed by atoms with Gasteiger partial charge in [-0.15, -0.1) is 0 Å². The largest absolute Gasteiger partial charge is 0.506 e. The van der Waals surface area contributed by atoms with Gasteiger partial charge in [0.05, 0.1) is 30.5 Å². The van der Waals surface area contributed by atoms with Crippen LogP contribution in [0.15, 0.2) is 75.2 Å². The van der Waals surface area contributed by atoms with Crippen LogP contribution in [0.25, 0.3) is 6.08 Å². The van der Waals surface area contributed by atoms with Crippen molar-refractivity contribution >= 4 is 79.8 Å². The van der Waals surface area contributed by atoms with E-state index in [-0.39, 0.29) is 11.7 Å². The SMILES string of the molecule is O=C1/C(=C/c2cc(I)c(O)c(I)c2)SC(=Nc2ccccc2)N1Cc1ccco1. The van der Waals surface area contributed by atoms with Gasteiger partial charge in [-0.3, -0.25) is 9.69 Å². The Balaban J connectivity index is 1.71. The van der Waals surface area contributed by atoms with E-state index in [4.69, 9.17) is 4.42 Å². The number of carbonyl (C=O) groups excluding carboxylic acids is 1. The number of carbonyl (C=O) groups is 1. The molecule has 0 aliphatic carbocycles. The van der Waals surface area contributed by atoms with Crippen molar-refractivity contribution in [2.45, 2.75) is 6.54 Å². The van der Waals surface area contributed by atoms with Crippen molar-refractivity contribution in [2.24, 2.45) is 4.99 Å². The van der Waals surface area contributed by atoms with Crippen LogP contribution in [-0.4, -0.2) is 21.1 Å². The molecule has 4 rings (SSSR count). The molecule has 146 valence electrons. The number of rotatable bonds is 4. The average Bonchev–Trinajstić information content (AvgIpc) is 3.31. The Kier molecular flexibility index (Phi) is 6.30. The van der Waals surface area contributed by atoms with Gasteiger partial charge in [0.25, 0.3) is 5.91 Å². The van der Waals surface area contributed by atoms with Crippen molar-refractivity contribution in [3.8, 4) is 5.75 Å². The number of furan rings is 1. The van der Waals surface area contributed by atoms with Gasteiger partial charge in [0.15, 0.2) is 5.17 Å². The first kappa shape index (κ1) is 20.5. The van der Waals surface area contributed by atoms with Gasteiger partial charge in [0.2, 0.25) is 0 Å². The van der Waals surface area contributed by atoms with Crippen LogP contribution in [0.2, 0.25) is 0 Å². The van der Waals surface area contributed by atoms with Gasteiger partial charge in [-0.05, 0) is 105 Å². The summed E-state index contributed by atoms with van der Waals surface area (Å²) in [6.45, 7) is 0.312. The number of thioether (sulfide) groups is 1. The zero-order chi connectivity index (χ0) is 20.4. The van der Waals surface area contributed by atoms with Crippen LogP contribution >= 0.6 is 56.9 Å². The summed E-state index contributed by atoms with van der Waals surface area (Å²) >= 11 is 5.50. The Morgan fingerprint density at radius 3 is 2.48 bits per heavy atom. The molecule has 0 saturated carbocycles. The summed E-state index contributed by atoms with van der Waals surface area (Å²) in [6.07, 6.45) is 3.42. The first-order chi connectivity index (χ1) is 14.0. The highest BCUT2D eigenvalue weighted by molar-refractivity contribution is 14.1. The molecule has 2 aromatic carbocycles. The predicted molar refractivity (Wildman–Crippen MR) is 132 cm³/mol. The molecule has 0 atom stereocenters. The summed E-state index contributed by atoms with van der Waals surface area (Å²) < 4.78 is 6.91. The second kappa shape index (κ2) is 8.92. The van der Waals surface area contributed by atoms with Crippen molar-refractivity contribution in [1.82, 2.24) is 4.90 Å². The van der Waals surface area contributed by atoms with Crippen molar-refractivity contribution in [2.75, 3.05) is 0 Å². The van der Waals surface area contributed by atoms with Crippen LogP contribution in [0.5, 0.6) is 5.75 Å². The van der Waals surface area contributed by atoms with Gasteiger partial charge in [0, 0.05) is 0 Å². The molecule has 1 aliphatic rings. The monoisotopic (exact) mass is 628 g/mol. The van der Waals surface area contributed by atoms with E-state index in [1.807, 2.05) is 54.6 Å². The molecular formula is C21H14I2N2O3S. The lowest BCUT2D eigenvalue weighted by molar-refractivity contribution is -0.122. The Bertz CT molecular complexity index is 1090. The second-order valence-corrected chi connectivity index (χ2v) is 9.48. The molecule has 0 radical (unpaired) electrons. The van der Waals surface area contributed by atoms with Crippen molar-refractivity contribution < 1.29 is 14.3 Å². The first-order valence-electron chi connectivity index (χ1n) is 8.57. The van der Waals surface area contributed by atoms with Crippen LogP contribution in [0.1, 0.15) is 11.3 Å². The van der Waals surface area contributed by atoms with Crippen LogP contribution in [-0.2, 0) is 11.3 Å². The van der Waals surface area contributed by atoms with Crippen LogP contribution in [0, 0.1) is 7.14 Å². The van der Waals surface area contributed by atoms with E-state index >= 15 is 0 Å². The number of hydrogen-bond acceptors (Lipinski definition) is 5. The molecule has 1 aromatic heterocycles. The summed E-state index contributed by atoms with van der Waals surface area (Å²) in [5, 5.41) is 10.6. The summed E-state index contributed by atoms with van der Waals surface area (Å²) in [7, 11) is 0. The number of benzene rings is 2. The second-order valence-electron chi connectivity index (χ2n) is 6.14. The molecule has 0 bridgehead atoms. The minimum Gasteiger partial charge on any atom is -0.506 e. The number of phenolic OH excluding ortho intramolecular Hbond substituents is 1. The van der Waals surface area contributed by atoms with Gasteiger partial charge in [0.1, 0.15) is 11.5 Å². The van der Waals surface area contributed by atoms with Crippen molar-refractivity contribution in [1.29, 1.82) is 0 Å².